The molecule has 1 fully saturated rings. The van der Waals surface area contributed by atoms with Crippen LogP contribution < -0.4 is 5.32 Å². The van der Waals surface area contributed by atoms with E-state index in [0.717, 1.165) is 25.9 Å². The number of amides is 1. The third-order valence-corrected chi connectivity index (χ3v) is 4.04. The van der Waals surface area contributed by atoms with Crippen molar-refractivity contribution >= 4 is 34.9 Å². The summed E-state index contributed by atoms with van der Waals surface area (Å²) >= 11 is 11.7. The van der Waals surface area contributed by atoms with Gasteiger partial charge in [0.25, 0.3) is 0 Å². The van der Waals surface area contributed by atoms with Crippen LogP contribution in [0.15, 0.2) is 12.3 Å². The van der Waals surface area contributed by atoms with Gasteiger partial charge >= 0.3 is 0 Å². The first-order chi connectivity index (χ1) is 9.60. The second kappa shape index (κ2) is 6.94. The van der Waals surface area contributed by atoms with Crippen LogP contribution >= 0.6 is 23.2 Å². The number of pyridine rings is 1. The Morgan fingerprint density at radius 3 is 2.75 bits per heavy atom. The lowest BCUT2D eigenvalue weighted by atomic mass is 9.96. The SMILES string of the molecule is C#CCN1CCC(C(=O)Nc2cc(Cl)c(Cl)cn2)CC1. The highest BCUT2D eigenvalue weighted by Crippen LogP contribution is 2.24. The van der Waals surface area contributed by atoms with Gasteiger partial charge in [0.2, 0.25) is 5.91 Å². The predicted molar refractivity (Wildman–Crippen MR) is 80.9 cm³/mol. The molecule has 20 heavy (non-hydrogen) atoms. The van der Waals surface area contributed by atoms with E-state index in [2.05, 4.69) is 21.1 Å². The maximum absolute atomic E-state index is 12.1. The molecule has 106 valence electrons. The lowest BCUT2D eigenvalue weighted by Crippen LogP contribution is -2.38. The van der Waals surface area contributed by atoms with E-state index in [0.29, 0.717) is 22.4 Å². The molecule has 0 bridgehead atoms. The fraction of sp³-hybridized carbons (Fsp3) is 0.429. The Hall–Kier alpha value is -1.28. The Morgan fingerprint density at radius 2 is 2.15 bits per heavy atom. The maximum Gasteiger partial charge on any atom is 0.228 e. The third-order valence-electron chi connectivity index (χ3n) is 3.33. The van der Waals surface area contributed by atoms with Crippen LogP contribution in [0.4, 0.5) is 5.82 Å². The number of halogens is 2. The highest BCUT2D eigenvalue weighted by Gasteiger charge is 2.24. The summed E-state index contributed by atoms with van der Waals surface area (Å²) in [5, 5.41) is 3.52. The highest BCUT2D eigenvalue weighted by molar-refractivity contribution is 6.42. The number of nitrogens with zero attached hydrogens (tertiary/aromatic N) is 2. The minimum atomic E-state index is -0.0313. The van der Waals surface area contributed by atoms with Crippen LogP contribution in [0.1, 0.15) is 12.8 Å². The molecule has 0 unspecified atom stereocenters. The second-order valence-corrected chi connectivity index (χ2v) is 5.54. The molecular formula is C14H15Cl2N3O. The standard InChI is InChI=1S/C14H15Cl2N3O/c1-2-5-19-6-3-10(4-7-19)14(20)18-13-8-11(15)12(16)9-17-13/h1,8-10H,3-7H2,(H,17,18,20). The fourth-order valence-corrected chi connectivity index (χ4v) is 2.45. The molecule has 1 aliphatic heterocycles. The first-order valence-electron chi connectivity index (χ1n) is 6.38. The van der Waals surface area contributed by atoms with Gasteiger partial charge < -0.3 is 5.32 Å². The summed E-state index contributed by atoms with van der Waals surface area (Å²) in [6.07, 6.45) is 8.31. The molecular weight excluding hydrogens is 297 g/mol. The number of nitrogens with one attached hydrogen (secondary N) is 1. The minimum absolute atomic E-state index is 0.0136. The Kier molecular flexibility index (Phi) is 5.24. The van der Waals surface area contributed by atoms with Crippen LogP contribution in [0, 0.1) is 18.3 Å². The summed E-state index contributed by atoms with van der Waals surface area (Å²) in [6.45, 7) is 2.33. The van der Waals surface area contributed by atoms with Gasteiger partial charge in [-0.25, -0.2) is 4.98 Å². The number of hydrogen-bond acceptors (Lipinski definition) is 3. The van der Waals surface area contributed by atoms with E-state index < -0.39 is 0 Å². The van der Waals surface area contributed by atoms with E-state index in [9.17, 15) is 4.79 Å². The lowest BCUT2D eigenvalue weighted by Gasteiger charge is -2.29. The smallest absolute Gasteiger partial charge is 0.228 e. The van der Waals surface area contributed by atoms with Crippen molar-refractivity contribution < 1.29 is 4.79 Å². The number of hydrogen-bond donors (Lipinski definition) is 1. The van der Waals surface area contributed by atoms with Gasteiger partial charge in [-0.15, -0.1) is 6.42 Å². The fourth-order valence-electron chi connectivity index (χ4n) is 2.19. The number of carbonyl (C=O) groups is 1. The van der Waals surface area contributed by atoms with Gasteiger partial charge in [-0.3, -0.25) is 9.69 Å². The van der Waals surface area contributed by atoms with E-state index >= 15 is 0 Å². The largest absolute Gasteiger partial charge is 0.310 e. The third kappa shape index (κ3) is 3.86. The molecule has 0 aromatic carbocycles. The molecule has 1 aromatic rings. The topological polar surface area (TPSA) is 45.2 Å². The number of anilines is 1. The molecule has 1 saturated heterocycles. The van der Waals surface area contributed by atoms with Crippen molar-refractivity contribution in [2.45, 2.75) is 12.8 Å². The molecule has 1 aliphatic rings. The first-order valence-corrected chi connectivity index (χ1v) is 7.13. The molecule has 1 N–H and O–H groups in total. The zero-order chi connectivity index (χ0) is 14.5. The summed E-state index contributed by atoms with van der Waals surface area (Å²) in [7, 11) is 0. The Labute approximate surface area is 128 Å². The monoisotopic (exact) mass is 311 g/mol. The van der Waals surface area contributed by atoms with Crippen LogP contribution in [-0.2, 0) is 4.79 Å². The van der Waals surface area contributed by atoms with Crippen molar-refractivity contribution in [3.63, 3.8) is 0 Å². The number of piperidine rings is 1. The Bertz CT molecular complexity index is 534. The number of likely N-dealkylation sites (tertiary alicyclic amines) is 1. The van der Waals surface area contributed by atoms with E-state index in [-0.39, 0.29) is 11.8 Å². The van der Waals surface area contributed by atoms with Crippen molar-refractivity contribution in [3.05, 3.63) is 22.3 Å². The summed E-state index contributed by atoms with van der Waals surface area (Å²) in [5.74, 6) is 3.00. The quantitative estimate of drug-likeness (QED) is 0.873. The molecule has 0 aliphatic carbocycles. The molecule has 1 aromatic heterocycles. The zero-order valence-corrected chi connectivity index (χ0v) is 12.4. The van der Waals surface area contributed by atoms with E-state index in [1.54, 1.807) is 6.07 Å². The molecule has 4 nitrogen and oxygen atoms in total. The zero-order valence-electron chi connectivity index (χ0n) is 10.9. The molecule has 0 atom stereocenters. The summed E-state index contributed by atoms with van der Waals surface area (Å²) in [4.78, 5) is 18.3. The summed E-state index contributed by atoms with van der Waals surface area (Å²) in [6, 6.07) is 1.55. The molecule has 2 rings (SSSR count). The normalized spacial score (nSPS) is 16.6. The Balaban J connectivity index is 1.89. The second-order valence-electron chi connectivity index (χ2n) is 4.73. The van der Waals surface area contributed by atoms with Gasteiger partial charge in [-0.2, -0.15) is 0 Å². The van der Waals surface area contributed by atoms with Crippen molar-refractivity contribution in [2.75, 3.05) is 25.0 Å². The average molecular weight is 312 g/mol. The molecule has 1 amide bonds. The van der Waals surface area contributed by atoms with Gasteiger partial charge in [-0.1, -0.05) is 29.1 Å². The van der Waals surface area contributed by atoms with Gasteiger partial charge in [0.15, 0.2) is 0 Å². The van der Waals surface area contributed by atoms with Gasteiger partial charge in [0.05, 0.1) is 16.6 Å². The number of aromatic nitrogens is 1. The van der Waals surface area contributed by atoms with Crippen molar-refractivity contribution in [1.82, 2.24) is 9.88 Å². The predicted octanol–water partition coefficient (Wildman–Crippen LogP) is 2.67. The summed E-state index contributed by atoms with van der Waals surface area (Å²) in [5.41, 5.74) is 0. The van der Waals surface area contributed by atoms with Crippen LogP contribution in [0.2, 0.25) is 10.0 Å². The minimum Gasteiger partial charge on any atom is -0.310 e. The van der Waals surface area contributed by atoms with E-state index in [4.69, 9.17) is 29.6 Å². The van der Waals surface area contributed by atoms with Crippen LogP contribution in [0.25, 0.3) is 0 Å². The summed E-state index contributed by atoms with van der Waals surface area (Å²) < 4.78 is 0. The molecule has 0 radical (unpaired) electrons. The van der Waals surface area contributed by atoms with Crippen molar-refractivity contribution in [1.29, 1.82) is 0 Å². The Morgan fingerprint density at radius 1 is 1.45 bits per heavy atom. The molecule has 6 heteroatoms. The van der Waals surface area contributed by atoms with Gasteiger partial charge in [0, 0.05) is 18.2 Å². The van der Waals surface area contributed by atoms with E-state index in [1.807, 2.05) is 0 Å². The molecule has 2 heterocycles. The number of terminal acetylenes is 1. The van der Waals surface area contributed by atoms with Crippen molar-refractivity contribution in [2.24, 2.45) is 5.92 Å². The van der Waals surface area contributed by atoms with Crippen molar-refractivity contribution in [3.8, 4) is 12.3 Å². The molecule has 0 spiro atoms. The van der Waals surface area contributed by atoms with Crippen LogP contribution in [0.5, 0.6) is 0 Å². The highest BCUT2D eigenvalue weighted by atomic mass is 35.5. The number of carbonyl (C=O) groups excluding carboxylic acids is 1. The van der Waals surface area contributed by atoms with Gasteiger partial charge in [-0.05, 0) is 25.9 Å². The average Bonchev–Trinajstić information content (AvgIpc) is 2.44. The lowest BCUT2D eigenvalue weighted by molar-refractivity contribution is -0.121. The maximum atomic E-state index is 12.1. The van der Waals surface area contributed by atoms with Gasteiger partial charge in [0.1, 0.15) is 5.82 Å². The van der Waals surface area contributed by atoms with Crippen LogP contribution in [-0.4, -0.2) is 35.4 Å². The van der Waals surface area contributed by atoms with E-state index in [1.165, 1.54) is 6.20 Å². The first kappa shape index (κ1) is 15.1. The molecule has 0 saturated carbocycles. The van der Waals surface area contributed by atoms with Crippen LogP contribution in [0.3, 0.4) is 0 Å². The number of rotatable bonds is 3.